The molecule has 0 atom stereocenters. The third-order valence-electron chi connectivity index (χ3n) is 4.13. The maximum absolute atomic E-state index is 12.5. The molecule has 2 aromatic rings. The summed E-state index contributed by atoms with van der Waals surface area (Å²) in [6.45, 7) is 3.05. The first-order chi connectivity index (χ1) is 12.1. The second-order valence-corrected chi connectivity index (χ2v) is 5.94. The number of aryl methyl sites for hydroxylation is 1. The van der Waals surface area contributed by atoms with Crippen LogP contribution in [0.4, 0.5) is 16.2 Å². The van der Waals surface area contributed by atoms with Gasteiger partial charge in [0, 0.05) is 18.8 Å². The highest BCUT2D eigenvalue weighted by Crippen LogP contribution is 2.25. The average Bonchev–Trinajstić information content (AvgIpc) is 2.96. The van der Waals surface area contributed by atoms with Gasteiger partial charge in [0.25, 0.3) is 0 Å². The minimum atomic E-state index is -0.243. The summed E-state index contributed by atoms with van der Waals surface area (Å²) in [4.78, 5) is 28.1. The number of para-hydroxylation sites is 1. The molecule has 1 aliphatic heterocycles. The third-order valence-corrected chi connectivity index (χ3v) is 4.13. The van der Waals surface area contributed by atoms with E-state index in [1.54, 1.807) is 16.9 Å². The van der Waals surface area contributed by atoms with E-state index >= 15 is 0 Å². The van der Waals surface area contributed by atoms with Gasteiger partial charge in [0.05, 0.1) is 12.8 Å². The molecule has 0 unspecified atom stereocenters. The summed E-state index contributed by atoms with van der Waals surface area (Å²) in [6, 6.07) is 14.9. The Kier molecular flexibility index (Phi) is 4.88. The van der Waals surface area contributed by atoms with E-state index in [1.165, 1.54) is 0 Å². The Balaban J connectivity index is 1.64. The predicted molar refractivity (Wildman–Crippen MR) is 97.1 cm³/mol. The summed E-state index contributed by atoms with van der Waals surface area (Å²) in [5.41, 5.74) is 2.47. The fourth-order valence-electron chi connectivity index (χ4n) is 2.86. The number of carbonyl (C=O) groups excluding carboxylic acids is 2. The lowest BCUT2D eigenvalue weighted by molar-refractivity contribution is -0.116. The number of hydrogen-bond donors (Lipinski definition) is 1. The fraction of sp³-hybridized carbons (Fsp3) is 0.263. The van der Waals surface area contributed by atoms with Crippen molar-refractivity contribution in [3.63, 3.8) is 0 Å². The second kappa shape index (κ2) is 7.25. The van der Waals surface area contributed by atoms with E-state index < -0.39 is 0 Å². The minimum Gasteiger partial charge on any atom is -0.495 e. The highest BCUT2D eigenvalue weighted by molar-refractivity contribution is 5.99. The third kappa shape index (κ3) is 3.74. The van der Waals surface area contributed by atoms with E-state index in [0.29, 0.717) is 24.5 Å². The van der Waals surface area contributed by atoms with Gasteiger partial charge in [0.1, 0.15) is 12.3 Å². The summed E-state index contributed by atoms with van der Waals surface area (Å²) in [5, 5.41) is 2.83. The number of nitrogens with zero attached hydrogens (tertiary/aromatic N) is 2. The molecule has 0 aromatic heterocycles. The highest BCUT2D eigenvalue weighted by Gasteiger charge is 2.30. The molecule has 2 aromatic carbocycles. The van der Waals surface area contributed by atoms with Crippen LogP contribution in [0.3, 0.4) is 0 Å². The molecule has 3 rings (SSSR count). The summed E-state index contributed by atoms with van der Waals surface area (Å²) in [5.74, 6) is 0.352. The number of urea groups is 1. The van der Waals surface area contributed by atoms with Crippen LogP contribution in [0.2, 0.25) is 0 Å². The molecular weight excluding hydrogens is 318 g/mol. The first-order valence-electron chi connectivity index (χ1n) is 8.14. The van der Waals surface area contributed by atoms with Gasteiger partial charge >= 0.3 is 6.03 Å². The molecule has 0 saturated carbocycles. The highest BCUT2D eigenvalue weighted by atomic mass is 16.5. The molecule has 6 heteroatoms. The molecule has 0 spiro atoms. The molecule has 130 valence electrons. The molecule has 0 aliphatic carbocycles. The van der Waals surface area contributed by atoms with E-state index in [1.807, 2.05) is 55.5 Å². The van der Waals surface area contributed by atoms with Crippen LogP contribution < -0.4 is 15.0 Å². The lowest BCUT2D eigenvalue weighted by Crippen LogP contribution is -2.37. The van der Waals surface area contributed by atoms with Gasteiger partial charge in [-0.05, 0) is 36.8 Å². The molecule has 0 radical (unpaired) electrons. The van der Waals surface area contributed by atoms with Crippen molar-refractivity contribution in [1.29, 1.82) is 0 Å². The number of anilines is 2. The van der Waals surface area contributed by atoms with Gasteiger partial charge in [-0.1, -0.05) is 24.3 Å². The van der Waals surface area contributed by atoms with Crippen LogP contribution in [0.15, 0.2) is 48.5 Å². The van der Waals surface area contributed by atoms with Crippen LogP contribution in [-0.2, 0) is 4.79 Å². The number of hydrogen-bond acceptors (Lipinski definition) is 3. The maximum atomic E-state index is 12.5. The van der Waals surface area contributed by atoms with Crippen molar-refractivity contribution in [2.45, 2.75) is 6.92 Å². The van der Waals surface area contributed by atoms with E-state index in [4.69, 9.17) is 4.74 Å². The molecule has 1 aliphatic rings. The van der Waals surface area contributed by atoms with Gasteiger partial charge in [-0.15, -0.1) is 0 Å². The first-order valence-corrected chi connectivity index (χ1v) is 8.14. The van der Waals surface area contributed by atoms with E-state index in [-0.39, 0.29) is 18.5 Å². The largest absolute Gasteiger partial charge is 0.495 e. The molecular formula is C19H21N3O3. The lowest BCUT2D eigenvalue weighted by atomic mass is 10.2. The normalized spacial score (nSPS) is 13.9. The van der Waals surface area contributed by atoms with Crippen molar-refractivity contribution in [2.75, 3.05) is 37.0 Å². The zero-order valence-electron chi connectivity index (χ0n) is 14.4. The van der Waals surface area contributed by atoms with E-state index in [2.05, 4.69) is 5.32 Å². The van der Waals surface area contributed by atoms with Gasteiger partial charge in [0.15, 0.2) is 0 Å². The van der Waals surface area contributed by atoms with Gasteiger partial charge < -0.3 is 15.0 Å². The second-order valence-electron chi connectivity index (χ2n) is 5.94. The van der Waals surface area contributed by atoms with Gasteiger partial charge in [-0.25, -0.2) is 4.79 Å². The Morgan fingerprint density at radius 3 is 2.64 bits per heavy atom. The number of carbonyl (C=O) groups is 2. The Morgan fingerprint density at radius 2 is 1.92 bits per heavy atom. The Hall–Kier alpha value is -3.02. The number of benzene rings is 2. The van der Waals surface area contributed by atoms with E-state index in [9.17, 15) is 9.59 Å². The average molecular weight is 339 g/mol. The van der Waals surface area contributed by atoms with Crippen LogP contribution in [0.1, 0.15) is 5.56 Å². The smallest absolute Gasteiger partial charge is 0.325 e. The van der Waals surface area contributed by atoms with Crippen molar-refractivity contribution >= 4 is 23.3 Å². The van der Waals surface area contributed by atoms with Crippen LogP contribution in [0.5, 0.6) is 5.75 Å². The SMILES string of the molecule is COc1ccc(C)cc1NC(=O)CN1CCN(c2ccccc2)C1=O. The molecule has 3 amide bonds. The van der Waals surface area contributed by atoms with Gasteiger partial charge in [-0.2, -0.15) is 0 Å². The quantitative estimate of drug-likeness (QED) is 0.911. The Morgan fingerprint density at radius 1 is 1.16 bits per heavy atom. The molecule has 6 nitrogen and oxygen atoms in total. The number of methoxy groups -OCH3 is 1. The van der Waals surface area contributed by atoms with Gasteiger partial charge in [0.2, 0.25) is 5.91 Å². The molecule has 1 heterocycles. The van der Waals surface area contributed by atoms with Crippen LogP contribution in [-0.4, -0.2) is 43.6 Å². The maximum Gasteiger partial charge on any atom is 0.325 e. The number of amides is 3. The summed E-state index contributed by atoms with van der Waals surface area (Å²) in [7, 11) is 1.56. The van der Waals surface area contributed by atoms with Crippen LogP contribution in [0, 0.1) is 6.92 Å². The predicted octanol–water partition coefficient (Wildman–Crippen LogP) is 2.88. The summed E-state index contributed by atoms with van der Waals surface area (Å²) >= 11 is 0. The van der Waals surface area contributed by atoms with Crippen LogP contribution in [0.25, 0.3) is 0 Å². The van der Waals surface area contributed by atoms with Crippen molar-refractivity contribution in [1.82, 2.24) is 4.90 Å². The van der Waals surface area contributed by atoms with E-state index in [0.717, 1.165) is 11.3 Å². The first kappa shape index (κ1) is 16.8. The molecule has 25 heavy (non-hydrogen) atoms. The molecule has 1 fully saturated rings. The van der Waals surface area contributed by atoms with Crippen molar-refractivity contribution in [2.24, 2.45) is 0 Å². The molecule has 1 N–H and O–H groups in total. The molecule has 1 saturated heterocycles. The Bertz CT molecular complexity index is 777. The zero-order valence-corrected chi connectivity index (χ0v) is 14.4. The fourth-order valence-corrected chi connectivity index (χ4v) is 2.86. The van der Waals surface area contributed by atoms with Crippen molar-refractivity contribution < 1.29 is 14.3 Å². The summed E-state index contributed by atoms with van der Waals surface area (Å²) in [6.07, 6.45) is 0. The van der Waals surface area contributed by atoms with Crippen molar-refractivity contribution in [3.05, 3.63) is 54.1 Å². The number of ether oxygens (including phenoxy) is 1. The topological polar surface area (TPSA) is 61.9 Å². The van der Waals surface area contributed by atoms with Crippen molar-refractivity contribution in [3.8, 4) is 5.75 Å². The van der Waals surface area contributed by atoms with Gasteiger partial charge in [-0.3, -0.25) is 9.69 Å². The summed E-state index contributed by atoms with van der Waals surface area (Å²) < 4.78 is 5.26. The zero-order chi connectivity index (χ0) is 17.8. The minimum absolute atomic E-state index is 0.0132. The Labute approximate surface area is 147 Å². The molecule has 0 bridgehead atoms. The van der Waals surface area contributed by atoms with Crippen LogP contribution >= 0.6 is 0 Å². The standard InChI is InChI=1S/C19H21N3O3/c1-14-8-9-17(25-2)16(12-14)20-18(23)13-21-10-11-22(19(21)24)15-6-4-3-5-7-15/h3-9,12H,10-11,13H2,1-2H3,(H,20,23). The number of nitrogens with one attached hydrogen (secondary N) is 1. The monoisotopic (exact) mass is 339 g/mol. The lowest BCUT2D eigenvalue weighted by Gasteiger charge is -2.19. The number of rotatable bonds is 5.